The van der Waals surface area contributed by atoms with Gasteiger partial charge in [0, 0.05) is 34.0 Å². The number of benzene rings is 4. The lowest BCUT2D eigenvalue weighted by Gasteiger charge is -2.09. The van der Waals surface area contributed by atoms with Gasteiger partial charge < -0.3 is 15.2 Å². The molecule has 184 valence electrons. The number of nitrogens with one attached hydrogen (secondary N) is 2. The zero-order chi connectivity index (χ0) is 25.8. The Balaban J connectivity index is 1.22. The molecule has 37 heavy (non-hydrogen) atoms. The van der Waals surface area contributed by atoms with Crippen LogP contribution >= 0.6 is 27.7 Å². The second-order valence-corrected chi connectivity index (χ2v) is 10.1. The molecule has 4 aromatic carbocycles. The number of carbonyl (C=O) groups is 2. The van der Waals surface area contributed by atoms with Crippen molar-refractivity contribution >= 4 is 61.7 Å². The van der Waals surface area contributed by atoms with Crippen molar-refractivity contribution in [2.75, 3.05) is 16.4 Å². The van der Waals surface area contributed by atoms with Crippen molar-refractivity contribution in [3.05, 3.63) is 101 Å². The summed E-state index contributed by atoms with van der Waals surface area (Å²) in [5.41, 5.74) is 2.90. The predicted octanol–water partition coefficient (Wildman–Crippen LogP) is 6.38. The summed E-state index contributed by atoms with van der Waals surface area (Å²) in [4.78, 5) is 25.2. The minimum atomic E-state index is -0.164. The fourth-order valence-corrected chi connectivity index (χ4v) is 4.85. The number of nitrogens with zero attached hydrogens (tertiary/aromatic N) is 3. The van der Waals surface area contributed by atoms with E-state index in [-0.39, 0.29) is 17.6 Å². The third-order valence-corrected chi connectivity index (χ3v) is 7.28. The van der Waals surface area contributed by atoms with E-state index < -0.39 is 0 Å². The maximum absolute atomic E-state index is 12.9. The molecular formula is C28H22BrN5O2S. The summed E-state index contributed by atoms with van der Waals surface area (Å²) in [7, 11) is 1.86. The minimum Gasteiger partial charge on any atom is -0.325 e. The Morgan fingerprint density at radius 2 is 1.51 bits per heavy atom. The first-order valence-electron chi connectivity index (χ1n) is 11.4. The maximum Gasteiger partial charge on any atom is 0.256 e. The number of hydrogen-bond acceptors (Lipinski definition) is 5. The zero-order valence-corrected chi connectivity index (χ0v) is 22.2. The van der Waals surface area contributed by atoms with Crippen LogP contribution in [0.2, 0.25) is 0 Å². The molecule has 0 bridgehead atoms. The number of amides is 2. The normalized spacial score (nSPS) is 10.9. The van der Waals surface area contributed by atoms with Crippen molar-refractivity contribution in [2.24, 2.45) is 7.05 Å². The van der Waals surface area contributed by atoms with E-state index in [1.807, 2.05) is 103 Å². The molecule has 9 heteroatoms. The first-order valence-corrected chi connectivity index (χ1v) is 13.2. The smallest absolute Gasteiger partial charge is 0.256 e. The number of rotatable bonds is 7. The van der Waals surface area contributed by atoms with Crippen LogP contribution in [-0.4, -0.2) is 32.3 Å². The quantitative estimate of drug-likeness (QED) is 0.221. The Kier molecular flexibility index (Phi) is 7.34. The van der Waals surface area contributed by atoms with E-state index in [0.717, 1.165) is 26.5 Å². The van der Waals surface area contributed by atoms with Crippen LogP contribution in [0.15, 0.2) is 101 Å². The van der Waals surface area contributed by atoms with Crippen LogP contribution in [0, 0.1) is 0 Å². The molecule has 5 rings (SSSR count). The summed E-state index contributed by atoms with van der Waals surface area (Å²) < 4.78 is 2.80. The summed E-state index contributed by atoms with van der Waals surface area (Å²) in [5.74, 6) is 0.593. The van der Waals surface area contributed by atoms with Crippen molar-refractivity contribution in [2.45, 2.75) is 5.16 Å². The Morgan fingerprint density at radius 3 is 2.30 bits per heavy atom. The van der Waals surface area contributed by atoms with Crippen LogP contribution in [0.3, 0.4) is 0 Å². The summed E-state index contributed by atoms with van der Waals surface area (Å²) in [6.07, 6.45) is 0. The van der Waals surface area contributed by atoms with Crippen LogP contribution in [0.25, 0.3) is 22.2 Å². The molecule has 7 nitrogen and oxygen atoms in total. The highest BCUT2D eigenvalue weighted by Gasteiger charge is 2.14. The Hall–Kier alpha value is -3.95. The molecule has 0 spiro atoms. The highest BCUT2D eigenvalue weighted by Crippen LogP contribution is 2.25. The molecule has 0 atom stereocenters. The number of halogens is 1. The third-order valence-electron chi connectivity index (χ3n) is 5.73. The van der Waals surface area contributed by atoms with Crippen molar-refractivity contribution in [1.29, 1.82) is 0 Å². The number of aromatic nitrogens is 3. The van der Waals surface area contributed by atoms with Gasteiger partial charge >= 0.3 is 0 Å². The predicted molar refractivity (Wildman–Crippen MR) is 152 cm³/mol. The minimum absolute atomic E-state index is 0.122. The monoisotopic (exact) mass is 571 g/mol. The molecule has 0 fully saturated rings. The van der Waals surface area contributed by atoms with E-state index in [1.54, 1.807) is 0 Å². The van der Waals surface area contributed by atoms with E-state index in [2.05, 4.69) is 36.8 Å². The van der Waals surface area contributed by atoms with Crippen molar-refractivity contribution in [1.82, 2.24) is 14.8 Å². The van der Waals surface area contributed by atoms with E-state index in [0.29, 0.717) is 22.2 Å². The van der Waals surface area contributed by atoms with Gasteiger partial charge in [-0.25, -0.2) is 0 Å². The molecule has 0 aliphatic heterocycles. The van der Waals surface area contributed by atoms with Gasteiger partial charge in [-0.1, -0.05) is 64.1 Å². The van der Waals surface area contributed by atoms with Crippen molar-refractivity contribution in [3.63, 3.8) is 0 Å². The van der Waals surface area contributed by atoms with Crippen LogP contribution in [0.1, 0.15) is 10.4 Å². The third kappa shape index (κ3) is 5.73. The molecule has 0 aliphatic carbocycles. The average molecular weight is 572 g/mol. The van der Waals surface area contributed by atoms with Gasteiger partial charge in [0.2, 0.25) is 5.91 Å². The first-order chi connectivity index (χ1) is 18.0. The van der Waals surface area contributed by atoms with Gasteiger partial charge in [-0.15, -0.1) is 10.2 Å². The van der Waals surface area contributed by atoms with E-state index >= 15 is 0 Å². The van der Waals surface area contributed by atoms with Crippen LogP contribution in [0.5, 0.6) is 0 Å². The zero-order valence-electron chi connectivity index (χ0n) is 19.8. The SMILES string of the molecule is Cn1c(SCC(=O)Nc2ccc(Br)cc2)nnc1-c1ccc(NC(=O)c2cccc3ccccc23)cc1. The molecule has 2 N–H and O–H groups in total. The Labute approximate surface area is 226 Å². The summed E-state index contributed by atoms with van der Waals surface area (Å²) in [6, 6.07) is 28.4. The second kappa shape index (κ2) is 11.0. The highest BCUT2D eigenvalue weighted by atomic mass is 79.9. The molecule has 0 saturated heterocycles. The molecule has 2 amide bonds. The number of carbonyl (C=O) groups excluding carboxylic acids is 2. The molecule has 0 saturated carbocycles. The lowest BCUT2D eigenvalue weighted by molar-refractivity contribution is -0.113. The molecule has 5 aromatic rings. The summed E-state index contributed by atoms with van der Waals surface area (Å²) in [5, 5.41) is 16.9. The average Bonchev–Trinajstić information content (AvgIpc) is 3.29. The van der Waals surface area contributed by atoms with Crippen molar-refractivity contribution in [3.8, 4) is 11.4 Å². The molecule has 1 aromatic heterocycles. The summed E-state index contributed by atoms with van der Waals surface area (Å²) in [6.45, 7) is 0. The van der Waals surface area contributed by atoms with E-state index in [4.69, 9.17) is 0 Å². The van der Waals surface area contributed by atoms with Gasteiger partial charge in [-0.3, -0.25) is 9.59 Å². The van der Waals surface area contributed by atoms with Crippen LogP contribution in [0.4, 0.5) is 11.4 Å². The van der Waals surface area contributed by atoms with Crippen molar-refractivity contribution < 1.29 is 9.59 Å². The first kappa shape index (κ1) is 24.7. The van der Waals surface area contributed by atoms with Gasteiger partial charge in [-0.05, 0) is 65.4 Å². The highest BCUT2D eigenvalue weighted by molar-refractivity contribution is 9.10. The van der Waals surface area contributed by atoms with Gasteiger partial charge in [0.05, 0.1) is 5.75 Å². The molecule has 0 unspecified atom stereocenters. The topological polar surface area (TPSA) is 88.9 Å². The Morgan fingerprint density at radius 1 is 0.838 bits per heavy atom. The fourth-order valence-electron chi connectivity index (χ4n) is 3.88. The van der Waals surface area contributed by atoms with Gasteiger partial charge in [-0.2, -0.15) is 0 Å². The lowest BCUT2D eigenvalue weighted by atomic mass is 10.0. The number of fused-ring (bicyclic) bond motifs is 1. The number of anilines is 2. The van der Waals surface area contributed by atoms with Gasteiger partial charge in [0.1, 0.15) is 0 Å². The van der Waals surface area contributed by atoms with Crippen LogP contribution < -0.4 is 10.6 Å². The summed E-state index contributed by atoms with van der Waals surface area (Å²) >= 11 is 4.70. The standard InChI is InChI=1S/C28H22BrN5O2S/c1-34-26(32-33-28(34)37-17-25(35)30-21-15-11-20(29)12-16-21)19-9-13-22(14-10-19)31-27(36)24-8-4-6-18-5-2-3-7-23(18)24/h2-16H,17H2,1H3,(H,30,35)(H,31,36). The molecular weight excluding hydrogens is 550 g/mol. The second-order valence-electron chi connectivity index (χ2n) is 8.27. The van der Waals surface area contributed by atoms with E-state index in [9.17, 15) is 9.59 Å². The molecule has 1 heterocycles. The molecule has 0 radical (unpaired) electrons. The van der Waals surface area contributed by atoms with Crippen LogP contribution in [-0.2, 0) is 11.8 Å². The number of thioether (sulfide) groups is 1. The van der Waals surface area contributed by atoms with E-state index in [1.165, 1.54) is 11.8 Å². The van der Waals surface area contributed by atoms with Gasteiger partial charge in [0.15, 0.2) is 11.0 Å². The Bertz CT molecular complexity index is 1580. The van der Waals surface area contributed by atoms with Gasteiger partial charge in [0.25, 0.3) is 5.91 Å². The number of hydrogen-bond donors (Lipinski definition) is 2. The molecule has 0 aliphatic rings. The lowest BCUT2D eigenvalue weighted by Crippen LogP contribution is -2.14. The fraction of sp³-hybridized carbons (Fsp3) is 0.0714. The largest absolute Gasteiger partial charge is 0.325 e. The maximum atomic E-state index is 12.9.